The topological polar surface area (TPSA) is 74.7 Å². The number of hydrogen-bond acceptors (Lipinski definition) is 6. The minimum atomic E-state index is -0.755. The van der Waals surface area contributed by atoms with E-state index in [2.05, 4.69) is 41.2 Å². The molecule has 1 aromatic heterocycles. The molecule has 1 saturated carbocycles. The van der Waals surface area contributed by atoms with Gasteiger partial charge in [0.05, 0.1) is 22.5 Å². The lowest BCUT2D eigenvalue weighted by atomic mass is 9.64. The van der Waals surface area contributed by atoms with E-state index >= 15 is 0 Å². The van der Waals surface area contributed by atoms with Crippen molar-refractivity contribution in [3.05, 3.63) is 34.8 Å². The molecule has 31 heavy (non-hydrogen) atoms. The highest BCUT2D eigenvalue weighted by Crippen LogP contribution is 2.46. The summed E-state index contributed by atoms with van der Waals surface area (Å²) in [6.45, 7) is 8.99. The number of carbonyl (C=O) groups is 1. The lowest BCUT2D eigenvalue weighted by Gasteiger charge is -2.40. The van der Waals surface area contributed by atoms with E-state index in [-0.39, 0.29) is 0 Å². The van der Waals surface area contributed by atoms with E-state index in [0.29, 0.717) is 24.8 Å². The number of aromatic nitrogens is 1. The Labute approximate surface area is 188 Å². The van der Waals surface area contributed by atoms with Gasteiger partial charge in [-0.1, -0.05) is 26.3 Å². The Morgan fingerprint density at radius 2 is 2.10 bits per heavy atom. The summed E-state index contributed by atoms with van der Waals surface area (Å²) in [4.78, 5) is 19.2. The predicted molar refractivity (Wildman–Crippen MR) is 126 cm³/mol. The molecule has 2 heterocycles. The van der Waals surface area contributed by atoms with Gasteiger partial charge in [-0.3, -0.25) is 4.79 Å². The Morgan fingerprint density at radius 1 is 1.35 bits per heavy atom. The van der Waals surface area contributed by atoms with Gasteiger partial charge in [-0.2, -0.15) is 0 Å². The largest absolute Gasteiger partial charge is 0.481 e. The normalized spacial score (nSPS) is 18.6. The molecule has 0 spiro atoms. The number of anilines is 3. The van der Waals surface area contributed by atoms with Crippen molar-refractivity contribution in [3.8, 4) is 0 Å². The quantitative estimate of drug-likeness (QED) is 0.573. The molecule has 0 bridgehead atoms. The van der Waals surface area contributed by atoms with Crippen molar-refractivity contribution in [1.82, 2.24) is 4.98 Å². The van der Waals surface area contributed by atoms with Gasteiger partial charge in [0, 0.05) is 31.2 Å². The first-order valence-corrected chi connectivity index (χ1v) is 12.2. The Morgan fingerprint density at radius 3 is 2.65 bits per heavy atom. The minimum absolute atomic E-state index is 0.415. The molecule has 0 unspecified atom stereocenters. The molecule has 2 aromatic rings. The summed E-state index contributed by atoms with van der Waals surface area (Å²) in [5.41, 5.74) is 3.19. The smallest absolute Gasteiger partial charge is 0.314 e. The summed E-state index contributed by atoms with van der Waals surface area (Å²) in [6, 6.07) is 6.64. The van der Waals surface area contributed by atoms with Gasteiger partial charge in [-0.25, -0.2) is 4.98 Å². The standard InChI is InChI=1S/C24H33N3O3S/c1-16(2)14-27(19-7-11-30-12-8-19)21-6-5-18(24(22(28)29)9-4-10-24)13-20(21)26-23-25-17(3)15-31-23/h5-6,13,15-16,19H,4,7-12,14H2,1-3H3,(H,25,26)(H,28,29). The molecule has 7 heteroatoms. The first-order valence-electron chi connectivity index (χ1n) is 11.3. The van der Waals surface area contributed by atoms with Gasteiger partial charge in [0.15, 0.2) is 5.13 Å². The fraction of sp³-hybridized carbons (Fsp3) is 0.583. The third kappa shape index (κ3) is 4.58. The Balaban J connectivity index is 1.76. The molecule has 4 rings (SSSR count). The second kappa shape index (κ2) is 9.17. The highest BCUT2D eigenvalue weighted by Gasteiger charge is 2.46. The summed E-state index contributed by atoms with van der Waals surface area (Å²) in [7, 11) is 0. The number of ether oxygens (including phenoxy) is 1. The second-order valence-corrected chi connectivity index (χ2v) is 10.1. The van der Waals surface area contributed by atoms with Crippen LogP contribution in [-0.2, 0) is 14.9 Å². The number of aliphatic carboxylic acids is 1. The molecule has 0 radical (unpaired) electrons. The summed E-state index contributed by atoms with van der Waals surface area (Å²) in [6.07, 6.45) is 4.37. The van der Waals surface area contributed by atoms with Crippen LogP contribution in [-0.4, -0.2) is 41.9 Å². The van der Waals surface area contributed by atoms with Gasteiger partial charge >= 0.3 is 5.97 Å². The number of hydrogen-bond donors (Lipinski definition) is 2. The van der Waals surface area contributed by atoms with Crippen LogP contribution in [0.1, 0.15) is 57.2 Å². The third-order valence-electron chi connectivity index (χ3n) is 6.53. The van der Waals surface area contributed by atoms with Crippen LogP contribution in [0, 0.1) is 12.8 Å². The molecule has 1 saturated heterocycles. The zero-order valence-electron chi connectivity index (χ0n) is 18.7. The summed E-state index contributed by atoms with van der Waals surface area (Å²) < 4.78 is 5.62. The number of carboxylic acid groups (broad SMARTS) is 1. The van der Waals surface area contributed by atoms with Gasteiger partial charge in [0.25, 0.3) is 0 Å². The van der Waals surface area contributed by atoms with Crippen molar-refractivity contribution < 1.29 is 14.6 Å². The number of nitrogens with zero attached hydrogens (tertiary/aromatic N) is 2. The molecule has 1 aliphatic carbocycles. The van der Waals surface area contributed by atoms with Crippen molar-refractivity contribution in [2.75, 3.05) is 30.0 Å². The first kappa shape index (κ1) is 22.1. The fourth-order valence-electron chi connectivity index (χ4n) is 4.70. The molecular formula is C24H33N3O3S. The van der Waals surface area contributed by atoms with Crippen molar-refractivity contribution in [3.63, 3.8) is 0 Å². The summed E-state index contributed by atoms with van der Waals surface area (Å²) in [5.74, 6) is -0.208. The van der Waals surface area contributed by atoms with Gasteiger partial charge in [-0.15, -0.1) is 11.3 Å². The fourth-order valence-corrected chi connectivity index (χ4v) is 5.40. The van der Waals surface area contributed by atoms with Gasteiger partial charge in [0.2, 0.25) is 0 Å². The lowest BCUT2D eigenvalue weighted by molar-refractivity contribution is -0.147. The molecule has 2 N–H and O–H groups in total. The highest BCUT2D eigenvalue weighted by molar-refractivity contribution is 7.13. The van der Waals surface area contributed by atoms with Crippen molar-refractivity contribution >= 4 is 33.8 Å². The van der Waals surface area contributed by atoms with E-state index in [0.717, 1.165) is 66.8 Å². The molecular weight excluding hydrogens is 410 g/mol. The molecule has 1 aliphatic heterocycles. The van der Waals surface area contributed by atoms with Crippen LogP contribution in [0.4, 0.5) is 16.5 Å². The van der Waals surface area contributed by atoms with Crippen molar-refractivity contribution in [1.29, 1.82) is 0 Å². The van der Waals surface area contributed by atoms with Gasteiger partial charge in [-0.05, 0) is 56.2 Å². The van der Waals surface area contributed by atoms with Crippen LogP contribution in [0.25, 0.3) is 0 Å². The second-order valence-electron chi connectivity index (χ2n) is 9.28. The Bertz CT molecular complexity index is 917. The van der Waals surface area contributed by atoms with E-state index in [4.69, 9.17) is 4.74 Å². The summed E-state index contributed by atoms with van der Waals surface area (Å²) in [5, 5.41) is 16.4. The zero-order valence-corrected chi connectivity index (χ0v) is 19.5. The van der Waals surface area contributed by atoms with E-state index in [1.807, 2.05) is 18.4 Å². The number of benzene rings is 1. The summed E-state index contributed by atoms with van der Waals surface area (Å²) >= 11 is 1.58. The van der Waals surface area contributed by atoms with E-state index in [9.17, 15) is 9.90 Å². The molecule has 168 valence electrons. The van der Waals surface area contributed by atoms with E-state index < -0.39 is 11.4 Å². The molecule has 6 nitrogen and oxygen atoms in total. The van der Waals surface area contributed by atoms with Gasteiger partial charge < -0.3 is 20.1 Å². The number of thiazole rings is 1. The van der Waals surface area contributed by atoms with Crippen LogP contribution in [0.5, 0.6) is 0 Å². The van der Waals surface area contributed by atoms with Crippen LogP contribution in [0.15, 0.2) is 23.6 Å². The number of carboxylic acids is 1. The maximum Gasteiger partial charge on any atom is 0.314 e. The molecule has 2 aliphatic rings. The zero-order chi connectivity index (χ0) is 22.0. The average molecular weight is 444 g/mol. The van der Waals surface area contributed by atoms with Crippen LogP contribution in [0.2, 0.25) is 0 Å². The van der Waals surface area contributed by atoms with Crippen molar-refractivity contribution in [2.45, 2.75) is 64.3 Å². The SMILES string of the molecule is Cc1csc(Nc2cc(C3(C(=O)O)CCC3)ccc2N(CC(C)C)C2CCOCC2)n1. The van der Waals surface area contributed by atoms with E-state index in [1.54, 1.807) is 11.3 Å². The minimum Gasteiger partial charge on any atom is -0.481 e. The maximum absolute atomic E-state index is 12.1. The van der Waals surface area contributed by atoms with Crippen LogP contribution < -0.4 is 10.2 Å². The predicted octanol–water partition coefficient (Wildman–Crippen LogP) is 5.34. The average Bonchev–Trinajstić information content (AvgIpc) is 3.11. The number of rotatable bonds is 8. The highest BCUT2D eigenvalue weighted by atomic mass is 32.1. The number of nitrogens with one attached hydrogen (secondary N) is 1. The lowest BCUT2D eigenvalue weighted by Crippen LogP contribution is -2.43. The van der Waals surface area contributed by atoms with E-state index in [1.165, 1.54) is 0 Å². The first-order chi connectivity index (χ1) is 14.9. The molecule has 1 aromatic carbocycles. The Hall–Kier alpha value is -2.12. The maximum atomic E-state index is 12.1. The van der Waals surface area contributed by atoms with Gasteiger partial charge in [0.1, 0.15) is 0 Å². The molecule has 2 fully saturated rings. The van der Waals surface area contributed by atoms with Crippen molar-refractivity contribution in [2.24, 2.45) is 5.92 Å². The monoisotopic (exact) mass is 443 g/mol. The molecule has 0 atom stereocenters. The number of aryl methyl sites for hydroxylation is 1. The van der Waals surface area contributed by atoms with Crippen LogP contribution >= 0.6 is 11.3 Å². The Kier molecular flexibility index (Phi) is 6.53. The third-order valence-corrected chi connectivity index (χ3v) is 7.40. The van der Waals surface area contributed by atoms with Crippen LogP contribution in [0.3, 0.4) is 0 Å². The molecule has 0 amide bonds.